The van der Waals surface area contributed by atoms with Gasteiger partial charge in [0.1, 0.15) is 5.75 Å². The average Bonchev–Trinajstić information content (AvgIpc) is 2.65. The maximum atomic E-state index is 10.5. The Labute approximate surface area is 126 Å². The summed E-state index contributed by atoms with van der Waals surface area (Å²) in [5.74, 6) is 0.793. The summed E-state index contributed by atoms with van der Waals surface area (Å²) in [4.78, 5) is 0. The molecule has 1 aromatic heterocycles. The Morgan fingerprint density at radius 2 is 2.00 bits per heavy atom. The highest BCUT2D eigenvalue weighted by Gasteiger charge is 2.16. The third kappa shape index (κ3) is 3.64. The van der Waals surface area contributed by atoms with E-state index in [0.29, 0.717) is 6.42 Å². The van der Waals surface area contributed by atoms with Crippen LogP contribution in [0.4, 0.5) is 0 Å². The van der Waals surface area contributed by atoms with Gasteiger partial charge in [-0.1, -0.05) is 12.1 Å². The van der Waals surface area contributed by atoms with Crippen LogP contribution in [0.25, 0.3) is 0 Å². The number of rotatable bonds is 5. The Kier molecular flexibility index (Phi) is 4.68. The quantitative estimate of drug-likeness (QED) is 0.919. The summed E-state index contributed by atoms with van der Waals surface area (Å²) in [5.41, 5.74) is 4.06. The molecule has 4 heteroatoms. The van der Waals surface area contributed by atoms with Crippen LogP contribution in [0.2, 0.25) is 0 Å². The molecule has 2 aromatic rings. The number of aromatic nitrogens is 2. The molecule has 1 aromatic carbocycles. The molecule has 1 heterocycles. The number of aryl methyl sites for hydroxylation is 2. The molecular weight excluding hydrogens is 264 g/mol. The Bertz CT molecular complexity index is 617. The highest BCUT2D eigenvalue weighted by atomic mass is 16.5. The van der Waals surface area contributed by atoms with Gasteiger partial charge in [0.2, 0.25) is 0 Å². The van der Waals surface area contributed by atoms with Crippen LogP contribution in [0.1, 0.15) is 42.5 Å². The van der Waals surface area contributed by atoms with Crippen molar-refractivity contribution >= 4 is 0 Å². The molecule has 1 atom stereocenters. The summed E-state index contributed by atoms with van der Waals surface area (Å²) in [6.45, 7) is 7.99. The Balaban J connectivity index is 2.18. The van der Waals surface area contributed by atoms with E-state index in [0.717, 1.165) is 28.3 Å². The number of aliphatic hydroxyl groups excluding tert-OH is 1. The number of nitrogens with zero attached hydrogens (tertiary/aromatic N) is 2. The normalized spacial score (nSPS) is 12.7. The fourth-order valence-electron chi connectivity index (χ4n) is 2.49. The molecule has 114 valence electrons. The summed E-state index contributed by atoms with van der Waals surface area (Å²) in [7, 11) is 1.93. The maximum absolute atomic E-state index is 10.5. The molecule has 1 N–H and O–H groups in total. The van der Waals surface area contributed by atoms with Crippen molar-refractivity contribution in [1.29, 1.82) is 0 Å². The van der Waals surface area contributed by atoms with Gasteiger partial charge in [-0.15, -0.1) is 0 Å². The molecule has 0 aliphatic carbocycles. The SMILES string of the molecule is Cc1nn(C)c(C)c1CC(O)c1cccc(OC(C)C)c1. The lowest BCUT2D eigenvalue weighted by Crippen LogP contribution is -2.07. The second kappa shape index (κ2) is 6.31. The first-order valence-electron chi connectivity index (χ1n) is 7.32. The third-order valence-corrected chi connectivity index (χ3v) is 3.67. The lowest BCUT2D eigenvalue weighted by molar-refractivity contribution is 0.176. The van der Waals surface area contributed by atoms with E-state index in [2.05, 4.69) is 5.10 Å². The standard InChI is InChI=1S/C17H24N2O2/c1-11(2)21-15-8-6-7-14(9-15)17(20)10-16-12(3)18-19(5)13(16)4/h6-9,11,17,20H,10H2,1-5H3. The molecular formula is C17H24N2O2. The Hall–Kier alpha value is -1.81. The molecule has 0 spiro atoms. The van der Waals surface area contributed by atoms with Crippen LogP contribution < -0.4 is 4.74 Å². The van der Waals surface area contributed by atoms with Gasteiger partial charge in [0.25, 0.3) is 0 Å². The van der Waals surface area contributed by atoms with E-state index in [1.807, 2.05) is 63.7 Å². The first-order valence-corrected chi connectivity index (χ1v) is 7.32. The highest BCUT2D eigenvalue weighted by molar-refractivity contribution is 5.32. The predicted octanol–water partition coefficient (Wildman–Crippen LogP) is 3.10. The maximum Gasteiger partial charge on any atom is 0.120 e. The zero-order valence-corrected chi connectivity index (χ0v) is 13.4. The Morgan fingerprint density at radius 1 is 1.29 bits per heavy atom. The van der Waals surface area contributed by atoms with Crippen molar-refractivity contribution in [2.75, 3.05) is 0 Å². The smallest absolute Gasteiger partial charge is 0.120 e. The van der Waals surface area contributed by atoms with Crippen molar-refractivity contribution in [3.63, 3.8) is 0 Å². The third-order valence-electron chi connectivity index (χ3n) is 3.67. The largest absolute Gasteiger partial charge is 0.491 e. The summed E-state index contributed by atoms with van der Waals surface area (Å²) in [6.07, 6.45) is 0.138. The van der Waals surface area contributed by atoms with Gasteiger partial charge in [-0.25, -0.2) is 0 Å². The summed E-state index contributed by atoms with van der Waals surface area (Å²) < 4.78 is 7.54. The van der Waals surface area contributed by atoms with E-state index >= 15 is 0 Å². The number of hydrogen-bond donors (Lipinski definition) is 1. The van der Waals surface area contributed by atoms with Crippen molar-refractivity contribution < 1.29 is 9.84 Å². The van der Waals surface area contributed by atoms with Gasteiger partial charge in [-0.2, -0.15) is 5.10 Å². The zero-order valence-electron chi connectivity index (χ0n) is 13.4. The minimum atomic E-state index is -0.553. The molecule has 0 aliphatic heterocycles. The average molecular weight is 288 g/mol. The van der Waals surface area contributed by atoms with Gasteiger partial charge >= 0.3 is 0 Å². The number of ether oxygens (including phenoxy) is 1. The van der Waals surface area contributed by atoms with Crippen molar-refractivity contribution in [3.05, 3.63) is 46.8 Å². The van der Waals surface area contributed by atoms with Crippen LogP contribution in [-0.2, 0) is 13.5 Å². The predicted molar refractivity (Wildman–Crippen MR) is 83.6 cm³/mol. The molecule has 0 fully saturated rings. The number of hydrogen-bond acceptors (Lipinski definition) is 3. The van der Waals surface area contributed by atoms with E-state index in [1.54, 1.807) is 0 Å². The van der Waals surface area contributed by atoms with Crippen LogP contribution in [-0.4, -0.2) is 21.0 Å². The monoisotopic (exact) mass is 288 g/mol. The topological polar surface area (TPSA) is 47.3 Å². The second-order valence-electron chi connectivity index (χ2n) is 5.73. The van der Waals surface area contributed by atoms with Crippen LogP contribution in [0.15, 0.2) is 24.3 Å². The van der Waals surface area contributed by atoms with Gasteiger partial charge in [-0.3, -0.25) is 4.68 Å². The fourth-order valence-corrected chi connectivity index (χ4v) is 2.49. The van der Waals surface area contributed by atoms with Gasteiger partial charge in [0.05, 0.1) is 17.9 Å². The van der Waals surface area contributed by atoms with Gasteiger partial charge in [0.15, 0.2) is 0 Å². The molecule has 1 unspecified atom stereocenters. The lowest BCUT2D eigenvalue weighted by Gasteiger charge is -2.15. The van der Waals surface area contributed by atoms with E-state index in [9.17, 15) is 5.11 Å². The van der Waals surface area contributed by atoms with E-state index in [-0.39, 0.29) is 6.10 Å². The van der Waals surface area contributed by atoms with E-state index < -0.39 is 6.10 Å². The van der Waals surface area contributed by atoms with Crippen molar-refractivity contribution in [2.45, 2.75) is 46.3 Å². The molecule has 4 nitrogen and oxygen atoms in total. The first kappa shape index (κ1) is 15.6. The van der Waals surface area contributed by atoms with Crippen molar-refractivity contribution in [3.8, 4) is 5.75 Å². The molecule has 0 aliphatic rings. The van der Waals surface area contributed by atoms with Gasteiger partial charge in [-0.05, 0) is 51.0 Å². The summed E-state index contributed by atoms with van der Waals surface area (Å²) in [5, 5.41) is 14.9. The second-order valence-corrected chi connectivity index (χ2v) is 5.73. The van der Waals surface area contributed by atoms with Crippen LogP contribution >= 0.6 is 0 Å². The zero-order chi connectivity index (χ0) is 15.6. The van der Waals surface area contributed by atoms with E-state index in [4.69, 9.17) is 4.74 Å². The lowest BCUT2D eigenvalue weighted by atomic mass is 10.00. The molecule has 0 saturated heterocycles. The van der Waals surface area contributed by atoms with Crippen LogP contribution in [0.3, 0.4) is 0 Å². The van der Waals surface area contributed by atoms with Gasteiger partial charge in [0, 0.05) is 19.2 Å². The fraction of sp³-hybridized carbons (Fsp3) is 0.471. The van der Waals surface area contributed by atoms with E-state index in [1.165, 1.54) is 0 Å². The summed E-state index contributed by atoms with van der Waals surface area (Å²) >= 11 is 0. The number of benzene rings is 1. The van der Waals surface area contributed by atoms with Gasteiger partial charge < -0.3 is 9.84 Å². The minimum Gasteiger partial charge on any atom is -0.491 e. The molecule has 0 radical (unpaired) electrons. The molecule has 2 rings (SSSR count). The highest BCUT2D eigenvalue weighted by Crippen LogP contribution is 2.25. The molecule has 0 bridgehead atoms. The summed E-state index contributed by atoms with van der Waals surface area (Å²) in [6, 6.07) is 7.67. The molecule has 0 amide bonds. The number of aliphatic hydroxyl groups is 1. The molecule has 0 saturated carbocycles. The minimum absolute atomic E-state index is 0.125. The first-order chi connectivity index (χ1) is 9.88. The van der Waals surface area contributed by atoms with Crippen molar-refractivity contribution in [1.82, 2.24) is 9.78 Å². The van der Waals surface area contributed by atoms with Crippen molar-refractivity contribution in [2.24, 2.45) is 7.05 Å². The Morgan fingerprint density at radius 3 is 2.57 bits per heavy atom. The van der Waals surface area contributed by atoms with Crippen LogP contribution in [0, 0.1) is 13.8 Å². The molecule has 21 heavy (non-hydrogen) atoms. The van der Waals surface area contributed by atoms with Crippen LogP contribution in [0.5, 0.6) is 5.75 Å².